The first-order valence-electron chi connectivity index (χ1n) is 13.1. The number of benzene rings is 4. The Kier molecular flexibility index (Phi) is 9.59. The molecule has 1 atom stereocenters. The maximum absolute atomic E-state index is 10.7. The van der Waals surface area contributed by atoms with Crippen LogP contribution in [0.4, 0.5) is 0 Å². The maximum atomic E-state index is 10.7. The van der Waals surface area contributed by atoms with E-state index >= 15 is 0 Å². The molecular weight excluding hydrogens is 504 g/mol. The summed E-state index contributed by atoms with van der Waals surface area (Å²) in [7, 11) is 1.99. The first-order chi connectivity index (χ1) is 18.7. The lowest BCUT2D eigenvalue weighted by Gasteiger charge is -2.29. The molecule has 0 fully saturated rings. The molecule has 0 aromatic heterocycles. The zero-order valence-corrected chi connectivity index (χ0v) is 23.5. The molecule has 0 bridgehead atoms. The first-order valence-corrected chi connectivity index (χ1v) is 13.9. The van der Waals surface area contributed by atoms with Crippen molar-refractivity contribution in [1.82, 2.24) is 9.62 Å². The molecule has 0 aliphatic carbocycles. The molecule has 0 aliphatic heterocycles. The normalized spacial score (nSPS) is 12.8. The highest BCUT2D eigenvalue weighted by molar-refractivity contribution is 7.97. The number of likely N-dealkylation sites (N-methyl/N-ethyl adjacent to an activating group) is 1. The minimum atomic E-state index is -0.957. The highest BCUT2D eigenvalue weighted by Crippen LogP contribution is 2.26. The van der Waals surface area contributed by atoms with Gasteiger partial charge in [0, 0.05) is 29.6 Å². The zero-order chi connectivity index (χ0) is 27.8. The van der Waals surface area contributed by atoms with Crippen molar-refractivity contribution in [3.05, 3.63) is 108 Å². The molecule has 5 nitrogen and oxygen atoms in total. The SMILES string of the molecule is CN(C[C@H](O)CNC(C)(C)Cc1ccc2ccccc2c1)Sc1ccc(-c2ccc(/C=C/C(=O)O)cc2)cc1. The summed E-state index contributed by atoms with van der Waals surface area (Å²) in [6.07, 6.45) is 3.10. The van der Waals surface area contributed by atoms with Crippen LogP contribution in [0.15, 0.2) is 102 Å². The predicted octanol–water partition coefficient (Wildman–Crippen LogP) is 6.52. The highest BCUT2D eigenvalue weighted by atomic mass is 32.2. The Morgan fingerprint density at radius 2 is 1.59 bits per heavy atom. The van der Waals surface area contributed by atoms with E-state index in [1.807, 2.05) is 31.3 Å². The number of carboxylic acids is 1. The van der Waals surface area contributed by atoms with Crippen molar-refractivity contribution in [3.63, 3.8) is 0 Å². The lowest BCUT2D eigenvalue weighted by atomic mass is 9.93. The molecule has 0 amide bonds. The fourth-order valence-electron chi connectivity index (χ4n) is 4.56. The number of fused-ring (bicyclic) bond motifs is 1. The summed E-state index contributed by atoms with van der Waals surface area (Å²) in [5.74, 6) is -0.957. The Hall–Kier alpha value is -3.42. The van der Waals surface area contributed by atoms with Crippen molar-refractivity contribution in [2.24, 2.45) is 0 Å². The van der Waals surface area contributed by atoms with Crippen molar-refractivity contribution in [2.45, 2.75) is 36.8 Å². The number of β-amino-alcohol motifs (C(OH)–C–C–N with tert-alkyl or cyclic N) is 1. The first kappa shape index (κ1) is 28.6. The highest BCUT2D eigenvalue weighted by Gasteiger charge is 2.20. The van der Waals surface area contributed by atoms with Crippen LogP contribution in [0.2, 0.25) is 0 Å². The number of rotatable bonds is 12. The summed E-state index contributed by atoms with van der Waals surface area (Å²) in [4.78, 5) is 11.8. The van der Waals surface area contributed by atoms with Gasteiger partial charge >= 0.3 is 5.97 Å². The predicted molar refractivity (Wildman–Crippen MR) is 163 cm³/mol. The molecule has 0 spiro atoms. The van der Waals surface area contributed by atoms with Crippen LogP contribution in [0, 0.1) is 0 Å². The summed E-state index contributed by atoms with van der Waals surface area (Å²) < 4.78 is 2.06. The summed E-state index contributed by atoms with van der Waals surface area (Å²) >= 11 is 1.61. The Morgan fingerprint density at radius 1 is 0.949 bits per heavy atom. The number of nitrogens with zero attached hydrogens (tertiary/aromatic N) is 1. The van der Waals surface area contributed by atoms with E-state index in [0.29, 0.717) is 13.1 Å². The lowest BCUT2D eigenvalue weighted by Crippen LogP contribution is -2.46. The number of nitrogens with one attached hydrogen (secondary N) is 1. The van der Waals surface area contributed by atoms with Gasteiger partial charge < -0.3 is 15.5 Å². The van der Waals surface area contributed by atoms with E-state index < -0.39 is 12.1 Å². The van der Waals surface area contributed by atoms with Gasteiger partial charge in [0.25, 0.3) is 0 Å². The fraction of sp³-hybridized carbons (Fsp3) is 0.242. The molecule has 39 heavy (non-hydrogen) atoms. The summed E-state index contributed by atoms with van der Waals surface area (Å²) in [6.45, 7) is 5.41. The molecule has 4 aromatic rings. The van der Waals surface area contributed by atoms with Gasteiger partial charge in [-0.05, 0) is 90.5 Å². The molecule has 0 heterocycles. The number of aliphatic carboxylic acids is 1. The fourth-order valence-corrected chi connectivity index (χ4v) is 5.42. The van der Waals surface area contributed by atoms with E-state index in [1.165, 1.54) is 16.3 Å². The van der Waals surface area contributed by atoms with E-state index in [-0.39, 0.29) is 5.54 Å². The van der Waals surface area contributed by atoms with Crippen LogP contribution in [-0.4, -0.2) is 52.3 Å². The van der Waals surface area contributed by atoms with Gasteiger partial charge in [-0.25, -0.2) is 9.10 Å². The number of aliphatic hydroxyl groups is 1. The molecule has 0 unspecified atom stereocenters. The average molecular weight is 541 g/mol. The average Bonchev–Trinajstić information content (AvgIpc) is 2.91. The molecule has 0 radical (unpaired) electrons. The number of carbonyl (C=O) groups is 1. The second-order valence-corrected chi connectivity index (χ2v) is 11.8. The van der Waals surface area contributed by atoms with Crippen LogP contribution in [0.5, 0.6) is 0 Å². The van der Waals surface area contributed by atoms with Gasteiger partial charge in [0.2, 0.25) is 0 Å². The van der Waals surface area contributed by atoms with Gasteiger partial charge in [-0.1, -0.05) is 78.9 Å². The van der Waals surface area contributed by atoms with Gasteiger partial charge in [-0.15, -0.1) is 0 Å². The third-order valence-electron chi connectivity index (χ3n) is 6.52. The van der Waals surface area contributed by atoms with E-state index in [0.717, 1.165) is 34.1 Å². The van der Waals surface area contributed by atoms with Crippen LogP contribution in [0.3, 0.4) is 0 Å². The van der Waals surface area contributed by atoms with Crippen LogP contribution in [0.25, 0.3) is 28.0 Å². The van der Waals surface area contributed by atoms with Gasteiger partial charge in [0.1, 0.15) is 0 Å². The van der Waals surface area contributed by atoms with E-state index in [4.69, 9.17) is 5.11 Å². The molecule has 0 aliphatic rings. The van der Waals surface area contributed by atoms with Crippen LogP contribution in [0.1, 0.15) is 25.0 Å². The standard InChI is InChI=1S/C33H36N2O3S/c1-33(2,21-25-10-14-26-6-4-5-7-29(26)20-25)34-22-30(36)23-35(3)39-31-17-15-28(16-18-31)27-12-8-24(9-13-27)11-19-32(37)38/h4-20,30,34,36H,21-23H2,1-3H3,(H,37,38)/b19-11+/t30-/m1/s1. The van der Waals surface area contributed by atoms with Gasteiger partial charge in [0.15, 0.2) is 0 Å². The van der Waals surface area contributed by atoms with Crippen molar-refractivity contribution >= 4 is 34.8 Å². The van der Waals surface area contributed by atoms with Crippen LogP contribution >= 0.6 is 11.9 Å². The van der Waals surface area contributed by atoms with Crippen molar-refractivity contribution < 1.29 is 15.0 Å². The van der Waals surface area contributed by atoms with Crippen molar-refractivity contribution in [2.75, 3.05) is 20.1 Å². The monoisotopic (exact) mass is 540 g/mol. The van der Waals surface area contributed by atoms with Gasteiger partial charge in [-0.3, -0.25) is 0 Å². The molecule has 3 N–H and O–H groups in total. The molecule has 202 valence electrons. The number of aliphatic hydroxyl groups excluding tert-OH is 1. The second-order valence-electron chi connectivity index (χ2n) is 10.5. The molecule has 0 saturated heterocycles. The number of carboxylic acid groups (broad SMARTS) is 1. The summed E-state index contributed by atoms with van der Waals surface area (Å²) in [6, 6.07) is 31.1. The van der Waals surface area contributed by atoms with Crippen molar-refractivity contribution in [1.29, 1.82) is 0 Å². The summed E-state index contributed by atoms with van der Waals surface area (Å²) in [5.41, 5.74) is 4.15. The Morgan fingerprint density at radius 3 is 2.26 bits per heavy atom. The number of hydrogen-bond donors (Lipinski definition) is 3. The van der Waals surface area contributed by atoms with Gasteiger partial charge in [-0.2, -0.15) is 0 Å². The maximum Gasteiger partial charge on any atom is 0.328 e. The zero-order valence-electron chi connectivity index (χ0n) is 22.7. The largest absolute Gasteiger partial charge is 0.478 e. The lowest BCUT2D eigenvalue weighted by molar-refractivity contribution is -0.131. The Labute approximate surface area is 235 Å². The van der Waals surface area contributed by atoms with Crippen LogP contribution in [-0.2, 0) is 11.2 Å². The topological polar surface area (TPSA) is 72.8 Å². The molecule has 0 saturated carbocycles. The minimum Gasteiger partial charge on any atom is -0.478 e. The van der Waals surface area contributed by atoms with Crippen LogP contribution < -0.4 is 5.32 Å². The second kappa shape index (κ2) is 13.1. The smallest absolute Gasteiger partial charge is 0.328 e. The Bertz CT molecular complexity index is 1420. The number of hydrogen-bond acceptors (Lipinski definition) is 5. The molecular formula is C33H36N2O3S. The quantitative estimate of drug-likeness (QED) is 0.140. The van der Waals surface area contributed by atoms with Crippen molar-refractivity contribution in [3.8, 4) is 11.1 Å². The molecule has 6 heteroatoms. The van der Waals surface area contributed by atoms with E-state index in [9.17, 15) is 9.90 Å². The summed E-state index contributed by atoms with van der Waals surface area (Å²) in [5, 5.41) is 25.5. The Balaban J connectivity index is 1.24. The third kappa shape index (κ3) is 8.80. The van der Waals surface area contributed by atoms with E-state index in [2.05, 4.69) is 90.2 Å². The molecule has 4 aromatic carbocycles. The minimum absolute atomic E-state index is 0.143. The van der Waals surface area contributed by atoms with E-state index in [1.54, 1.807) is 18.0 Å². The van der Waals surface area contributed by atoms with Gasteiger partial charge in [0.05, 0.1) is 6.10 Å². The molecule has 4 rings (SSSR count). The third-order valence-corrected chi connectivity index (χ3v) is 7.47.